The number of aromatic nitrogens is 3. The number of aryl methyl sites for hydroxylation is 1. The largest absolute Gasteiger partial charge is 0.399 e. The first-order chi connectivity index (χ1) is 11.1. The maximum absolute atomic E-state index is 11.8. The number of hydrogen-bond donors (Lipinski definition) is 2. The molecule has 0 aliphatic heterocycles. The summed E-state index contributed by atoms with van der Waals surface area (Å²) in [4.78, 5) is 16.2. The fraction of sp³-hybridized carbons (Fsp3) is 0.235. The molecule has 1 aliphatic carbocycles. The summed E-state index contributed by atoms with van der Waals surface area (Å²) in [6.45, 7) is 2.02. The Morgan fingerprint density at radius 2 is 2.13 bits per heavy atom. The van der Waals surface area contributed by atoms with Crippen molar-refractivity contribution in [2.75, 3.05) is 11.1 Å². The normalized spacial score (nSPS) is 14.1. The first-order valence-electron chi connectivity index (χ1n) is 7.64. The van der Waals surface area contributed by atoms with Crippen molar-refractivity contribution in [1.29, 1.82) is 0 Å². The van der Waals surface area contributed by atoms with Gasteiger partial charge in [0.2, 0.25) is 5.91 Å². The third-order valence-electron chi connectivity index (χ3n) is 4.06. The molecule has 0 atom stereocenters. The van der Waals surface area contributed by atoms with Crippen LogP contribution in [-0.2, 0) is 4.79 Å². The average Bonchev–Trinajstić information content (AvgIpc) is 3.30. The van der Waals surface area contributed by atoms with Gasteiger partial charge in [0.05, 0.1) is 11.9 Å². The minimum atomic E-state index is 0.0420. The second-order valence-electron chi connectivity index (χ2n) is 5.99. The molecule has 3 aromatic rings. The van der Waals surface area contributed by atoms with E-state index in [0.29, 0.717) is 17.2 Å². The molecule has 6 nitrogen and oxygen atoms in total. The number of fused-ring (bicyclic) bond motifs is 1. The molecular weight excluding hydrogens is 290 g/mol. The Bertz CT molecular complexity index is 910. The van der Waals surface area contributed by atoms with Gasteiger partial charge in [-0.05, 0) is 49.6 Å². The Hall–Kier alpha value is -2.89. The molecule has 2 aromatic heterocycles. The Morgan fingerprint density at radius 3 is 2.91 bits per heavy atom. The van der Waals surface area contributed by atoms with E-state index < -0.39 is 0 Å². The van der Waals surface area contributed by atoms with Gasteiger partial charge in [-0.15, -0.1) is 0 Å². The van der Waals surface area contributed by atoms with Crippen molar-refractivity contribution in [1.82, 2.24) is 14.6 Å². The van der Waals surface area contributed by atoms with Gasteiger partial charge >= 0.3 is 0 Å². The van der Waals surface area contributed by atoms with Gasteiger partial charge in [-0.2, -0.15) is 5.10 Å². The van der Waals surface area contributed by atoms with Crippen LogP contribution in [0.5, 0.6) is 0 Å². The summed E-state index contributed by atoms with van der Waals surface area (Å²) in [5.41, 5.74) is 10.2. The minimum absolute atomic E-state index is 0.0420. The van der Waals surface area contributed by atoms with Crippen LogP contribution in [-0.4, -0.2) is 20.5 Å². The number of nitrogen functional groups attached to an aromatic ring is 1. The smallest absolute Gasteiger partial charge is 0.228 e. The first kappa shape index (κ1) is 13.8. The lowest BCUT2D eigenvalue weighted by Crippen LogP contribution is -2.13. The van der Waals surface area contributed by atoms with Crippen molar-refractivity contribution >= 4 is 23.1 Å². The topological polar surface area (TPSA) is 85.3 Å². The maximum Gasteiger partial charge on any atom is 0.228 e. The van der Waals surface area contributed by atoms with Crippen LogP contribution in [0.3, 0.4) is 0 Å². The molecule has 1 fully saturated rings. The minimum Gasteiger partial charge on any atom is -0.399 e. The number of rotatable bonds is 3. The Morgan fingerprint density at radius 1 is 1.30 bits per heavy atom. The van der Waals surface area contributed by atoms with E-state index >= 15 is 0 Å². The molecule has 1 saturated carbocycles. The van der Waals surface area contributed by atoms with Crippen LogP contribution < -0.4 is 11.1 Å². The zero-order valence-electron chi connectivity index (χ0n) is 12.8. The van der Waals surface area contributed by atoms with E-state index in [4.69, 9.17) is 5.73 Å². The predicted molar refractivity (Wildman–Crippen MR) is 88.9 cm³/mol. The fourth-order valence-electron chi connectivity index (χ4n) is 2.58. The van der Waals surface area contributed by atoms with E-state index in [1.165, 1.54) is 0 Å². The van der Waals surface area contributed by atoms with Crippen LogP contribution in [0, 0.1) is 12.8 Å². The van der Waals surface area contributed by atoms with E-state index in [1.807, 2.05) is 37.3 Å². The lowest BCUT2D eigenvalue weighted by molar-refractivity contribution is -0.117. The van der Waals surface area contributed by atoms with E-state index in [2.05, 4.69) is 15.4 Å². The van der Waals surface area contributed by atoms with Gasteiger partial charge in [-0.3, -0.25) is 4.79 Å². The van der Waals surface area contributed by atoms with Crippen molar-refractivity contribution in [3.8, 4) is 11.3 Å². The number of nitrogens with one attached hydrogen (secondary N) is 1. The van der Waals surface area contributed by atoms with Gasteiger partial charge in [0, 0.05) is 17.2 Å². The highest BCUT2D eigenvalue weighted by molar-refractivity contribution is 5.93. The summed E-state index contributed by atoms with van der Waals surface area (Å²) in [7, 11) is 0. The molecule has 1 amide bonds. The van der Waals surface area contributed by atoms with Crippen LogP contribution in [0.2, 0.25) is 0 Å². The number of carbonyl (C=O) groups is 1. The van der Waals surface area contributed by atoms with Gasteiger partial charge in [-0.25, -0.2) is 9.50 Å². The van der Waals surface area contributed by atoms with Gasteiger partial charge in [0.1, 0.15) is 0 Å². The highest BCUT2D eigenvalue weighted by Crippen LogP contribution is 2.30. The van der Waals surface area contributed by atoms with Crippen molar-refractivity contribution < 1.29 is 4.79 Å². The molecule has 1 aliphatic rings. The Kier molecular flexibility index (Phi) is 3.04. The van der Waals surface area contributed by atoms with E-state index in [-0.39, 0.29) is 11.8 Å². The van der Waals surface area contributed by atoms with Crippen molar-refractivity contribution in [3.63, 3.8) is 0 Å². The summed E-state index contributed by atoms with van der Waals surface area (Å²) < 4.78 is 1.68. The molecule has 0 bridgehead atoms. The highest BCUT2D eigenvalue weighted by Gasteiger charge is 2.30. The van der Waals surface area contributed by atoms with Gasteiger partial charge in [-0.1, -0.05) is 6.07 Å². The SMILES string of the molecule is Cc1ccc(N)cc1-c1ccc2nc(NC(=O)C3CC3)cn2n1. The summed E-state index contributed by atoms with van der Waals surface area (Å²) in [5, 5.41) is 7.43. The lowest BCUT2D eigenvalue weighted by Gasteiger charge is -2.06. The summed E-state index contributed by atoms with van der Waals surface area (Å²) in [6.07, 6.45) is 3.67. The van der Waals surface area contributed by atoms with Crippen LogP contribution in [0.15, 0.2) is 36.5 Å². The summed E-state index contributed by atoms with van der Waals surface area (Å²) >= 11 is 0. The molecule has 116 valence electrons. The van der Waals surface area contributed by atoms with Gasteiger partial charge in [0.15, 0.2) is 11.5 Å². The molecule has 4 rings (SSSR count). The Balaban J connectivity index is 1.69. The molecule has 0 spiro atoms. The predicted octanol–water partition coefficient (Wildman–Crippen LogP) is 2.64. The standard InChI is InChI=1S/C17H17N5O/c1-10-2-5-12(18)8-13(10)14-6-7-16-19-15(9-22(16)21-14)20-17(23)11-3-4-11/h2,5-9,11H,3-4,18H2,1H3,(H,20,23). The Labute approximate surface area is 133 Å². The lowest BCUT2D eigenvalue weighted by atomic mass is 10.0. The number of anilines is 2. The molecule has 0 radical (unpaired) electrons. The van der Waals surface area contributed by atoms with E-state index in [9.17, 15) is 4.79 Å². The molecule has 6 heteroatoms. The number of nitrogens with zero attached hydrogens (tertiary/aromatic N) is 3. The number of nitrogens with two attached hydrogens (primary N) is 1. The van der Waals surface area contributed by atoms with E-state index in [0.717, 1.165) is 29.7 Å². The van der Waals surface area contributed by atoms with Gasteiger partial charge in [0.25, 0.3) is 0 Å². The molecule has 23 heavy (non-hydrogen) atoms. The number of imidazole rings is 1. The van der Waals surface area contributed by atoms with Crippen molar-refractivity contribution in [2.45, 2.75) is 19.8 Å². The third kappa shape index (κ3) is 2.63. The molecule has 0 unspecified atom stereocenters. The average molecular weight is 307 g/mol. The number of amides is 1. The van der Waals surface area contributed by atoms with Crippen molar-refractivity contribution in [2.24, 2.45) is 5.92 Å². The van der Waals surface area contributed by atoms with E-state index in [1.54, 1.807) is 10.7 Å². The second-order valence-corrected chi connectivity index (χ2v) is 5.99. The van der Waals surface area contributed by atoms with Crippen LogP contribution in [0.4, 0.5) is 11.5 Å². The first-order valence-corrected chi connectivity index (χ1v) is 7.64. The number of benzene rings is 1. The monoisotopic (exact) mass is 307 g/mol. The number of hydrogen-bond acceptors (Lipinski definition) is 4. The maximum atomic E-state index is 11.8. The third-order valence-corrected chi connectivity index (χ3v) is 4.06. The van der Waals surface area contributed by atoms with Crippen LogP contribution in [0.25, 0.3) is 16.9 Å². The molecule has 1 aromatic carbocycles. The molecule has 2 heterocycles. The van der Waals surface area contributed by atoms with Crippen molar-refractivity contribution in [3.05, 3.63) is 42.1 Å². The zero-order chi connectivity index (χ0) is 16.0. The quantitative estimate of drug-likeness (QED) is 0.728. The molecule has 0 saturated heterocycles. The van der Waals surface area contributed by atoms with Crippen LogP contribution in [0.1, 0.15) is 18.4 Å². The second kappa shape index (κ2) is 5.08. The molecular formula is C17H17N5O. The zero-order valence-corrected chi connectivity index (χ0v) is 12.8. The summed E-state index contributed by atoms with van der Waals surface area (Å²) in [5.74, 6) is 0.731. The highest BCUT2D eigenvalue weighted by atomic mass is 16.2. The van der Waals surface area contributed by atoms with Crippen LogP contribution >= 0.6 is 0 Å². The molecule has 3 N–H and O–H groups in total. The summed E-state index contributed by atoms with van der Waals surface area (Å²) in [6, 6.07) is 9.57. The number of carbonyl (C=O) groups excluding carboxylic acids is 1. The fourth-order valence-corrected chi connectivity index (χ4v) is 2.58. The van der Waals surface area contributed by atoms with Gasteiger partial charge < -0.3 is 11.1 Å².